The topological polar surface area (TPSA) is 52.0 Å². The Morgan fingerprint density at radius 1 is 1.28 bits per heavy atom. The highest BCUT2D eigenvalue weighted by Gasteiger charge is 2.30. The van der Waals surface area contributed by atoms with Crippen LogP contribution in [-0.4, -0.2) is 33.6 Å². The largest absolute Gasteiger partial charge is 0.380 e. The third-order valence-corrected chi connectivity index (χ3v) is 4.79. The summed E-state index contributed by atoms with van der Waals surface area (Å²) in [6.07, 6.45) is 2.82. The molecule has 0 aromatic carbocycles. The lowest BCUT2D eigenvalue weighted by atomic mass is 9.85. The summed E-state index contributed by atoms with van der Waals surface area (Å²) in [5.41, 5.74) is 2.00. The number of halogens is 1. The number of aromatic nitrogens is 3. The maximum Gasteiger partial charge on any atom is 0.156 e. The van der Waals surface area contributed by atoms with Crippen LogP contribution in [0.3, 0.4) is 0 Å². The maximum absolute atomic E-state index is 14.0. The van der Waals surface area contributed by atoms with Crippen LogP contribution < -0.4 is 5.32 Å². The molecule has 2 aromatic heterocycles. The molecule has 0 saturated heterocycles. The molecule has 136 valence electrons. The standard InChI is InChI=1S/C19H27FN4O/c1-13-9-14(2)24(23-13)18-11-15(12-25-4)10-17(22-18)21-16-5-7-19(3,20)8-6-16/h9-11,16H,5-8,12H2,1-4H3,(H,21,22). The van der Waals surface area contributed by atoms with Crippen molar-refractivity contribution in [3.63, 3.8) is 0 Å². The van der Waals surface area contributed by atoms with Gasteiger partial charge in [0.2, 0.25) is 0 Å². The smallest absolute Gasteiger partial charge is 0.156 e. The minimum atomic E-state index is -1.03. The summed E-state index contributed by atoms with van der Waals surface area (Å²) in [5, 5.41) is 8.00. The van der Waals surface area contributed by atoms with E-state index >= 15 is 0 Å². The van der Waals surface area contributed by atoms with Gasteiger partial charge in [0, 0.05) is 18.8 Å². The summed E-state index contributed by atoms with van der Waals surface area (Å²) in [6, 6.07) is 6.28. The molecule has 3 rings (SSSR count). The van der Waals surface area contributed by atoms with Gasteiger partial charge in [-0.2, -0.15) is 5.10 Å². The van der Waals surface area contributed by atoms with Crippen LogP contribution in [-0.2, 0) is 11.3 Å². The van der Waals surface area contributed by atoms with Gasteiger partial charge in [-0.3, -0.25) is 0 Å². The van der Waals surface area contributed by atoms with Crippen molar-refractivity contribution in [2.45, 2.75) is 64.8 Å². The van der Waals surface area contributed by atoms with Crippen LogP contribution in [0.5, 0.6) is 0 Å². The number of hydrogen-bond acceptors (Lipinski definition) is 4. The quantitative estimate of drug-likeness (QED) is 0.885. The third-order valence-electron chi connectivity index (χ3n) is 4.79. The predicted molar refractivity (Wildman–Crippen MR) is 96.9 cm³/mol. The third kappa shape index (κ3) is 4.37. The molecule has 0 aliphatic heterocycles. The fraction of sp³-hybridized carbons (Fsp3) is 0.579. The van der Waals surface area contributed by atoms with Gasteiger partial charge in [0.05, 0.1) is 12.3 Å². The normalized spacial score (nSPS) is 23.6. The van der Waals surface area contributed by atoms with E-state index in [4.69, 9.17) is 9.72 Å². The van der Waals surface area contributed by atoms with Crippen molar-refractivity contribution in [1.82, 2.24) is 14.8 Å². The Balaban J connectivity index is 1.85. The van der Waals surface area contributed by atoms with E-state index in [2.05, 4.69) is 10.4 Å². The lowest BCUT2D eigenvalue weighted by Crippen LogP contribution is -2.33. The molecule has 2 aromatic rings. The highest BCUT2D eigenvalue weighted by atomic mass is 19.1. The lowest BCUT2D eigenvalue weighted by Gasteiger charge is -2.32. The number of anilines is 1. The van der Waals surface area contributed by atoms with E-state index < -0.39 is 5.67 Å². The minimum absolute atomic E-state index is 0.252. The van der Waals surface area contributed by atoms with Gasteiger partial charge in [-0.15, -0.1) is 0 Å². The molecule has 1 saturated carbocycles. The molecule has 0 unspecified atom stereocenters. The fourth-order valence-electron chi connectivity index (χ4n) is 3.44. The second-order valence-electron chi connectivity index (χ2n) is 7.32. The van der Waals surface area contributed by atoms with E-state index in [0.717, 1.165) is 41.4 Å². The second-order valence-corrected chi connectivity index (χ2v) is 7.32. The first-order valence-electron chi connectivity index (χ1n) is 8.85. The minimum Gasteiger partial charge on any atom is -0.380 e. The van der Waals surface area contributed by atoms with Gasteiger partial charge >= 0.3 is 0 Å². The first-order chi connectivity index (χ1) is 11.9. The Bertz CT molecular complexity index is 731. The summed E-state index contributed by atoms with van der Waals surface area (Å²) < 4.78 is 21.1. The molecule has 1 N–H and O–H groups in total. The van der Waals surface area contributed by atoms with Crippen molar-refractivity contribution >= 4 is 5.82 Å². The first kappa shape index (κ1) is 17.9. The Morgan fingerprint density at radius 3 is 2.60 bits per heavy atom. The van der Waals surface area contributed by atoms with E-state index in [1.165, 1.54) is 0 Å². The van der Waals surface area contributed by atoms with Crippen LogP contribution in [0, 0.1) is 13.8 Å². The van der Waals surface area contributed by atoms with Crippen molar-refractivity contribution in [2.75, 3.05) is 12.4 Å². The van der Waals surface area contributed by atoms with Crippen LogP contribution >= 0.6 is 0 Å². The maximum atomic E-state index is 14.0. The molecule has 0 bridgehead atoms. The van der Waals surface area contributed by atoms with E-state index in [-0.39, 0.29) is 6.04 Å². The molecule has 0 atom stereocenters. The van der Waals surface area contributed by atoms with E-state index in [1.807, 2.05) is 36.7 Å². The Morgan fingerprint density at radius 2 is 2.00 bits per heavy atom. The summed E-state index contributed by atoms with van der Waals surface area (Å²) in [7, 11) is 1.68. The highest BCUT2D eigenvalue weighted by molar-refractivity contribution is 5.45. The molecule has 0 amide bonds. The molecule has 25 heavy (non-hydrogen) atoms. The molecule has 1 aliphatic rings. The number of ether oxygens (including phenoxy) is 1. The SMILES string of the molecule is COCc1cc(NC2CCC(C)(F)CC2)nc(-n2nc(C)cc2C)c1. The van der Waals surface area contributed by atoms with Crippen molar-refractivity contribution in [3.05, 3.63) is 35.2 Å². The zero-order valence-electron chi connectivity index (χ0n) is 15.5. The molecule has 1 aliphatic carbocycles. The summed E-state index contributed by atoms with van der Waals surface area (Å²) >= 11 is 0. The molecule has 5 nitrogen and oxygen atoms in total. The summed E-state index contributed by atoms with van der Waals surface area (Å²) in [6.45, 7) is 6.19. The van der Waals surface area contributed by atoms with E-state index in [1.54, 1.807) is 14.0 Å². The van der Waals surface area contributed by atoms with Crippen LogP contribution in [0.4, 0.5) is 10.2 Å². The van der Waals surface area contributed by atoms with Gasteiger partial charge in [-0.05, 0) is 70.2 Å². The summed E-state index contributed by atoms with van der Waals surface area (Å²) in [4.78, 5) is 4.73. The molecule has 0 spiro atoms. The number of methoxy groups -OCH3 is 1. The van der Waals surface area contributed by atoms with Gasteiger partial charge < -0.3 is 10.1 Å². The van der Waals surface area contributed by atoms with Crippen molar-refractivity contribution in [3.8, 4) is 5.82 Å². The van der Waals surface area contributed by atoms with Gasteiger partial charge in [-0.25, -0.2) is 14.1 Å². The summed E-state index contributed by atoms with van der Waals surface area (Å²) in [5.74, 6) is 1.57. The molecule has 0 radical (unpaired) electrons. The molecule has 6 heteroatoms. The number of pyridine rings is 1. The average Bonchev–Trinajstić information content (AvgIpc) is 2.88. The molecular weight excluding hydrogens is 319 g/mol. The van der Waals surface area contributed by atoms with Crippen molar-refractivity contribution in [1.29, 1.82) is 0 Å². The zero-order chi connectivity index (χ0) is 18.0. The molecule has 2 heterocycles. The number of nitrogens with zero attached hydrogens (tertiary/aromatic N) is 3. The zero-order valence-corrected chi connectivity index (χ0v) is 15.5. The number of alkyl halides is 1. The van der Waals surface area contributed by atoms with Gasteiger partial charge in [-0.1, -0.05) is 0 Å². The molecular formula is C19H27FN4O. The lowest BCUT2D eigenvalue weighted by molar-refractivity contribution is 0.124. The molecule has 1 fully saturated rings. The van der Waals surface area contributed by atoms with Gasteiger partial charge in [0.1, 0.15) is 11.5 Å². The first-order valence-corrected chi connectivity index (χ1v) is 8.85. The Hall–Kier alpha value is -1.95. The van der Waals surface area contributed by atoms with E-state index in [0.29, 0.717) is 19.4 Å². The monoisotopic (exact) mass is 346 g/mol. The Labute approximate surface area is 148 Å². The van der Waals surface area contributed by atoms with E-state index in [9.17, 15) is 4.39 Å². The van der Waals surface area contributed by atoms with Crippen LogP contribution in [0.25, 0.3) is 5.82 Å². The van der Waals surface area contributed by atoms with Crippen LogP contribution in [0.2, 0.25) is 0 Å². The average molecular weight is 346 g/mol. The van der Waals surface area contributed by atoms with Crippen LogP contribution in [0.15, 0.2) is 18.2 Å². The van der Waals surface area contributed by atoms with Crippen LogP contribution in [0.1, 0.15) is 49.6 Å². The number of hydrogen-bond donors (Lipinski definition) is 1. The van der Waals surface area contributed by atoms with Gasteiger partial charge in [0.25, 0.3) is 0 Å². The fourth-order valence-corrected chi connectivity index (χ4v) is 3.44. The van der Waals surface area contributed by atoms with Crippen molar-refractivity contribution in [2.24, 2.45) is 0 Å². The predicted octanol–water partition coefficient (Wildman–Crippen LogP) is 4.11. The number of nitrogens with one attached hydrogen (secondary N) is 1. The van der Waals surface area contributed by atoms with Gasteiger partial charge in [0.15, 0.2) is 5.82 Å². The second kappa shape index (κ2) is 7.12. The Kier molecular flexibility index (Phi) is 5.08. The van der Waals surface area contributed by atoms with Crippen molar-refractivity contribution < 1.29 is 9.13 Å². The number of aryl methyl sites for hydroxylation is 2. The highest BCUT2D eigenvalue weighted by Crippen LogP contribution is 2.32. The number of rotatable bonds is 5.